The molecule has 0 aliphatic carbocycles. The van der Waals surface area contributed by atoms with Crippen LogP contribution in [0.15, 0.2) is 36.4 Å². The number of anilines is 1. The lowest BCUT2D eigenvalue weighted by atomic mass is 9.82. The summed E-state index contributed by atoms with van der Waals surface area (Å²) in [6.07, 6.45) is 2.56. The standard InChI is InChI=1S/C15H15NO4/c1-8-4-2-3-5-9(8)16-14(17)12-10-6-7-11(20-10)13(12)15(18)19/h2-7,10-13H,1H3,(H,16,17)(H,18,19)/t10-,11-,12-,13-/m1/s1. The van der Waals surface area contributed by atoms with Gasteiger partial charge in [0, 0.05) is 5.69 Å². The fourth-order valence-electron chi connectivity index (χ4n) is 2.84. The number of nitrogens with one attached hydrogen (secondary N) is 1. The smallest absolute Gasteiger partial charge is 0.310 e. The van der Waals surface area contributed by atoms with E-state index in [0.29, 0.717) is 5.69 Å². The van der Waals surface area contributed by atoms with Gasteiger partial charge in [0.2, 0.25) is 5.91 Å². The van der Waals surface area contributed by atoms with Crippen molar-refractivity contribution in [2.45, 2.75) is 19.1 Å². The van der Waals surface area contributed by atoms with Crippen LogP contribution in [-0.4, -0.2) is 29.2 Å². The predicted octanol–water partition coefficient (Wildman–Crippen LogP) is 1.59. The summed E-state index contributed by atoms with van der Waals surface area (Å²) in [5.41, 5.74) is 1.64. The van der Waals surface area contributed by atoms with Crippen molar-refractivity contribution in [3.63, 3.8) is 0 Å². The molecular weight excluding hydrogens is 258 g/mol. The first kappa shape index (κ1) is 12.9. The Labute approximate surface area is 116 Å². The number of aryl methyl sites for hydroxylation is 1. The third-order valence-electron chi connectivity index (χ3n) is 3.89. The number of para-hydroxylation sites is 1. The van der Waals surface area contributed by atoms with Crippen molar-refractivity contribution in [3.05, 3.63) is 42.0 Å². The van der Waals surface area contributed by atoms with E-state index in [1.54, 1.807) is 18.2 Å². The molecule has 0 aromatic heterocycles. The molecule has 4 atom stereocenters. The first-order valence-electron chi connectivity index (χ1n) is 6.51. The van der Waals surface area contributed by atoms with E-state index in [-0.39, 0.29) is 5.91 Å². The minimum Gasteiger partial charge on any atom is -0.481 e. The summed E-state index contributed by atoms with van der Waals surface area (Å²) in [5, 5.41) is 12.1. The summed E-state index contributed by atoms with van der Waals surface area (Å²) < 4.78 is 5.50. The number of carbonyl (C=O) groups is 2. The van der Waals surface area contributed by atoms with Crippen LogP contribution in [0.2, 0.25) is 0 Å². The van der Waals surface area contributed by atoms with E-state index in [1.807, 2.05) is 25.1 Å². The number of carboxylic acid groups (broad SMARTS) is 1. The topological polar surface area (TPSA) is 75.6 Å². The second-order valence-electron chi connectivity index (χ2n) is 5.14. The second kappa shape index (κ2) is 4.76. The molecule has 1 aromatic rings. The maximum atomic E-state index is 12.4. The largest absolute Gasteiger partial charge is 0.481 e. The normalized spacial score (nSPS) is 30.4. The second-order valence-corrected chi connectivity index (χ2v) is 5.14. The van der Waals surface area contributed by atoms with Crippen molar-refractivity contribution < 1.29 is 19.4 Å². The number of carboxylic acids is 1. The first-order chi connectivity index (χ1) is 9.58. The van der Waals surface area contributed by atoms with E-state index < -0.39 is 30.0 Å². The van der Waals surface area contributed by atoms with Crippen molar-refractivity contribution in [1.82, 2.24) is 0 Å². The highest BCUT2D eigenvalue weighted by atomic mass is 16.5. The summed E-state index contributed by atoms with van der Waals surface area (Å²) in [5.74, 6) is -2.79. The first-order valence-corrected chi connectivity index (χ1v) is 6.51. The van der Waals surface area contributed by atoms with Crippen molar-refractivity contribution in [3.8, 4) is 0 Å². The van der Waals surface area contributed by atoms with Gasteiger partial charge in [-0.05, 0) is 18.6 Å². The van der Waals surface area contributed by atoms with Crippen LogP contribution in [0.3, 0.4) is 0 Å². The van der Waals surface area contributed by atoms with Crippen molar-refractivity contribution in [1.29, 1.82) is 0 Å². The molecule has 2 aliphatic rings. The van der Waals surface area contributed by atoms with Crippen molar-refractivity contribution >= 4 is 17.6 Å². The molecule has 20 heavy (non-hydrogen) atoms. The van der Waals surface area contributed by atoms with E-state index in [0.717, 1.165) is 5.56 Å². The fourth-order valence-corrected chi connectivity index (χ4v) is 2.84. The molecule has 2 aliphatic heterocycles. The Bertz CT molecular complexity index is 595. The molecule has 1 saturated heterocycles. The summed E-state index contributed by atoms with van der Waals surface area (Å²) in [4.78, 5) is 23.7. The van der Waals surface area contributed by atoms with Crippen LogP contribution in [0, 0.1) is 18.8 Å². The van der Waals surface area contributed by atoms with Gasteiger partial charge in [0.1, 0.15) is 5.92 Å². The molecule has 0 spiro atoms. The molecule has 1 aromatic carbocycles. The number of benzene rings is 1. The number of hydrogen-bond acceptors (Lipinski definition) is 3. The molecule has 1 amide bonds. The van der Waals surface area contributed by atoms with E-state index in [4.69, 9.17) is 4.74 Å². The van der Waals surface area contributed by atoms with Gasteiger partial charge in [-0.2, -0.15) is 0 Å². The average Bonchev–Trinajstić information content (AvgIpc) is 3.01. The van der Waals surface area contributed by atoms with Gasteiger partial charge in [0.05, 0.1) is 18.1 Å². The number of fused-ring (bicyclic) bond motifs is 2. The summed E-state index contributed by atoms with van der Waals surface area (Å²) >= 11 is 0. The molecule has 5 heteroatoms. The molecular formula is C15H15NO4. The molecule has 2 heterocycles. The minimum absolute atomic E-state index is 0.302. The Kier molecular flexibility index (Phi) is 3.06. The zero-order valence-corrected chi connectivity index (χ0v) is 10.9. The fraction of sp³-hybridized carbons (Fsp3) is 0.333. The van der Waals surface area contributed by atoms with Crippen LogP contribution in [0.1, 0.15) is 5.56 Å². The maximum Gasteiger partial charge on any atom is 0.310 e. The van der Waals surface area contributed by atoms with E-state index in [9.17, 15) is 14.7 Å². The summed E-state index contributed by atoms with van der Waals surface area (Å²) in [6, 6.07) is 7.40. The Balaban J connectivity index is 1.82. The number of ether oxygens (including phenoxy) is 1. The van der Waals surface area contributed by atoms with Crippen LogP contribution < -0.4 is 5.32 Å². The average molecular weight is 273 g/mol. The van der Waals surface area contributed by atoms with Crippen LogP contribution in [-0.2, 0) is 14.3 Å². The lowest BCUT2D eigenvalue weighted by Crippen LogP contribution is -2.39. The summed E-state index contributed by atoms with van der Waals surface area (Å²) in [6.45, 7) is 1.89. The highest BCUT2D eigenvalue weighted by Gasteiger charge is 2.53. The Morgan fingerprint density at radius 1 is 1.15 bits per heavy atom. The molecule has 2 N–H and O–H groups in total. The van der Waals surface area contributed by atoms with Gasteiger partial charge in [0.15, 0.2) is 0 Å². The van der Waals surface area contributed by atoms with Crippen molar-refractivity contribution in [2.75, 3.05) is 5.32 Å². The molecule has 0 radical (unpaired) electrons. The third kappa shape index (κ3) is 2.00. The molecule has 3 rings (SSSR count). The van der Waals surface area contributed by atoms with Gasteiger partial charge < -0.3 is 15.2 Å². The summed E-state index contributed by atoms with van der Waals surface area (Å²) in [7, 11) is 0. The van der Waals surface area contributed by atoms with Gasteiger partial charge in [-0.1, -0.05) is 30.4 Å². The SMILES string of the molecule is Cc1ccccc1NC(=O)[C@H]1[C@H](C(=O)O)[C@H]2C=C[C@H]1O2. The van der Waals surface area contributed by atoms with Crippen molar-refractivity contribution in [2.24, 2.45) is 11.8 Å². The number of rotatable bonds is 3. The molecule has 2 bridgehead atoms. The predicted molar refractivity (Wildman–Crippen MR) is 72.2 cm³/mol. The molecule has 5 nitrogen and oxygen atoms in total. The molecule has 0 saturated carbocycles. The van der Waals surface area contributed by atoms with E-state index in [2.05, 4.69) is 5.32 Å². The molecule has 1 fully saturated rings. The highest BCUT2D eigenvalue weighted by molar-refractivity contribution is 5.97. The lowest BCUT2D eigenvalue weighted by Gasteiger charge is -2.21. The number of hydrogen-bond donors (Lipinski definition) is 2. The van der Waals surface area contributed by atoms with Gasteiger partial charge in [-0.3, -0.25) is 9.59 Å². The maximum absolute atomic E-state index is 12.4. The zero-order valence-electron chi connectivity index (χ0n) is 10.9. The third-order valence-corrected chi connectivity index (χ3v) is 3.89. The monoisotopic (exact) mass is 273 g/mol. The molecule has 104 valence electrons. The molecule has 0 unspecified atom stereocenters. The van der Waals surface area contributed by atoms with Crippen LogP contribution in [0.25, 0.3) is 0 Å². The van der Waals surface area contributed by atoms with E-state index in [1.165, 1.54) is 0 Å². The van der Waals surface area contributed by atoms with Gasteiger partial charge in [0.25, 0.3) is 0 Å². The zero-order chi connectivity index (χ0) is 14.3. The van der Waals surface area contributed by atoms with Crippen LogP contribution in [0.4, 0.5) is 5.69 Å². The Morgan fingerprint density at radius 2 is 1.80 bits per heavy atom. The van der Waals surface area contributed by atoms with Crippen LogP contribution in [0.5, 0.6) is 0 Å². The quantitative estimate of drug-likeness (QED) is 0.820. The number of aliphatic carboxylic acids is 1. The number of carbonyl (C=O) groups excluding carboxylic acids is 1. The minimum atomic E-state index is -0.994. The van der Waals surface area contributed by atoms with Crippen LogP contribution >= 0.6 is 0 Å². The number of amides is 1. The van der Waals surface area contributed by atoms with Gasteiger partial charge in [-0.15, -0.1) is 0 Å². The Morgan fingerprint density at radius 3 is 2.45 bits per heavy atom. The lowest BCUT2D eigenvalue weighted by molar-refractivity contribution is -0.145. The van der Waals surface area contributed by atoms with Gasteiger partial charge in [-0.25, -0.2) is 0 Å². The Hall–Kier alpha value is -2.14. The van der Waals surface area contributed by atoms with E-state index >= 15 is 0 Å². The highest BCUT2D eigenvalue weighted by Crippen LogP contribution is 2.39. The van der Waals surface area contributed by atoms with Gasteiger partial charge >= 0.3 is 5.97 Å².